The second-order valence-electron chi connectivity index (χ2n) is 6.33. The van der Waals surface area contributed by atoms with Crippen LogP contribution in [0.15, 0.2) is 67.0 Å². The summed E-state index contributed by atoms with van der Waals surface area (Å²) in [5.41, 5.74) is 4.30. The molecule has 4 aromatic rings. The number of methoxy groups -OCH3 is 1. The van der Waals surface area contributed by atoms with Crippen molar-refractivity contribution in [3.63, 3.8) is 0 Å². The highest BCUT2D eigenvalue weighted by Gasteiger charge is 2.09. The first-order chi connectivity index (χ1) is 13.7. The quantitative estimate of drug-likeness (QED) is 0.493. The number of esters is 1. The Morgan fingerprint density at radius 3 is 2.71 bits per heavy atom. The summed E-state index contributed by atoms with van der Waals surface area (Å²) in [4.78, 5) is 20.3. The van der Waals surface area contributed by atoms with E-state index in [9.17, 15) is 4.79 Å². The fourth-order valence-electron chi connectivity index (χ4n) is 3.14. The summed E-state index contributed by atoms with van der Waals surface area (Å²) in [7, 11) is 1.37. The molecular weight excluding hydrogens is 354 g/mol. The van der Waals surface area contributed by atoms with Crippen LogP contribution in [0.4, 0.5) is 0 Å². The molecule has 0 saturated heterocycles. The van der Waals surface area contributed by atoms with Crippen LogP contribution >= 0.6 is 0 Å². The van der Waals surface area contributed by atoms with E-state index >= 15 is 0 Å². The fourth-order valence-corrected chi connectivity index (χ4v) is 3.14. The molecule has 0 atom stereocenters. The number of nitrogens with zero attached hydrogens (tertiary/aromatic N) is 3. The number of pyridine rings is 1. The van der Waals surface area contributed by atoms with E-state index in [0.717, 1.165) is 33.9 Å². The molecule has 140 valence electrons. The van der Waals surface area contributed by atoms with E-state index in [0.29, 0.717) is 12.2 Å². The number of aromatic nitrogens is 3. The molecule has 0 spiro atoms. The summed E-state index contributed by atoms with van der Waals surface area (Å²) in [6.45, 7) is 2.33. The maximum Gasteiger partial charge on any atom is 0.337 e. The third kappa shape index (κ3) is 3.44. The Labute approximate surface area is 162 Å². The summed E-state index contributed by atoms with van der Waals surface area (Å²) in [6.07, 6.45) is 3.53. The molecule has 2 aromatic heterocycles. The van der Waals surface area contributed by atoms with Crippen LogP contribution in [0.2, 0.25) is 0 Å². The lowest BCUT2D eigenvalue weighted by molar-refractivity contribution is 0.0600. The van der Waals surface area contributed by atoms with Gasteiger partial charge in [-0.15, -0.1) is 0 Å². The summed E-state index contributed by atoms with van der Waals surface area (Å²) in [5.74, 6) is 1.29. The van der Waals surface area contributed by atoms with Crippen LogP contribution in [0.3, 0.4) is 0 Å². The Morgan fingerprint density at radius 2 is 1.93 bits per heavy atom. The number of ether oxygens (including phenoxy) is 2. The molecule has 2 heterocycles. The molecule has 0 N–H and O–H groups in total. The molecule has 0 aliphatic heterocycles. The molecule has 0 aliphatic carbocycles. The van der Waals surface area contributed by atoms with E-state index < -0.39 is 0 Å². The van der Waals surface area contributed by atoms with Gasteiger partial charge in [0.15, 0.2) is 0 Å². The minimum absolute atomic E-state index is 0.357. The molecular formula is C22H19N3O3. The Hall–Kier alpha value is -3.67. The van der Waals surface area contributed by atoms with Crippen molar-refractivity contribution in [1.29, 1.82) is 0 Å². The first-order valence-corrected chi connectivity index (χ1v) is 8.85. The van der Waals surface area contributed by atoms with Crippen molar-refractivity contribution in [1.82, 2.24) is 14.5 Å². The maximum atomic E-state index is 11.6. The molecule has 0 unspecified atom stereocenters. The van der Waals surface area contributed by atoms with Crippen LogP contribution in [0.5, 0.6) is 5.75 Å². The Morgan fingerprint density at radius 1 is 1.11 bits per heavy atom. The molecule has 0 fully saturated rings. The molecule has 0 amide bonds. The lowest BCUT2D eigenvalue weighted by atomic mass is 10.1. The summed E-state index contributed by atoms with van der Waals surface area (Å²) < 4.78 is 12.7. The van der Waals surface area contributed by atoms with E-state index in [4.69, 9.17) is 9.47 Å². The van der Waals surface area contributed by atoms with Crippen molar-refractivity contribution in [2.24, 2.45) is 0 Å². The van der Waals surface area contributed by atoms with Crippen LogP contribution in [0.25, 0.3) is 16.7 Å². The minimum Gasteiger partial charge on any atom is -0.489 e. The second-order valence-corrected chi connectivity index (χ2v) is 6.33. The Balaban J connectivity index is 1.51. The van der Waals surface area contributed by atoms with Gasteiger partial charge in [-0.1, -0.05) is 12.1 Å². The minimum atomic E-state index is -0.357. The highest BCUT2D eigenvalue weighted by atomic mass is 16.5. The highest BCUT2D eigenvalue weighted by molar-refractivity contribution is 5.89. The van der Waals surface area contributed by atoms with Gasteiger partial charge in [-0.2, -0.15) is 0 Å². The number of hydrogen-bond acceptors (Lipinski definition) is 5. The topological polar surface area (TPSA) is 66.2 Å². The lowest BCUT2D eigenvalue weighted by Gasteiger charge is -2.10. The predicted octanol–water partition coefficient (Wildman–Crippen LogP) is 4.09. The average molecular weight is 373 g/mol. The third-order valence-electron chi connectivity index (χ3n) is 4.47. The van der Waals surface area contributed by atoms with Crippen LogP contribution in [-0.2, 0) is 11.3 Å². The van der Waals surface area contributed by atoms with Gasteiger partial charge < -0.3 is 9.47 Å². The van der Waals surface area contributed by atoms with Crippen molar-refractivity contribution < 1.29 is 14.3 Å². The van der Waals surface area contributed by atoms with Crippen molar-refractivity contribution >= 4 is 17.0 Å². The number of imidazole rings is 1. The molecule has 2 aromatic carbocycles. The van der Waals surface area contributed by atoms with Gasteiger partial charge in [-0.3, -0.25) is 9.55 Å². The van der Waals surface area contributed by atoms with Gasteiger partial charge in [0.05, 0.1) is 24.4 Å². The maximum absolute atomic E-state index is 11.6. The van der Waals surface area contributed by atoms with Crippen molar-refractivity contribution in [3.05, 3.63) is 83.9 Å². The van der Waals surface area contributed by atoms with Crippen LogP contribution in [0, 0.1) is 6.92 Å². The smallest absolute Gasteiger partial charge is 0.337 e. The predicted molar refractivity (Wildman–Crippen MR) is 106 cm³/mol. The summed E-state index contributed by atoms with van der Waals surface area (Å²) in [6, 6.07) is 17.0. The van der Waals surface area contributed by atoms with Gasteiger partial charge in [0.2, 0.25) is 0 Å². The van der Waals surface area contributed by atoms with Gasteiger partial charge in [-0.05, 0) is 55.0 Å². The van der Waals surface area contributed by atoms with Crippen LogP contribution in [0.1, 0.15) is 21.7 Å². The number of fused-ring (bicyclic) bond motifs is 1. The average Bonchev–Trinajstić information content (AvgIpc) is 3.08. The molecule has 6 heteroatoms. The third-order valence-corrected chi connectivity index (χ3v) is 4.47. The standard InChI is InChI=1S/C22H19N3O3/c1-15-24-20-13-23-11-10-21(20)25(15)18-6-8-19(9-7-18)28-14-16-4-3-5-17(12-16)22(26)27-2/h3-13H,14H2,1-2H3. The number of rotatable bonds is 5. The first-order valence-electron chi connectivity index (χ1n) is 8.85. The van der Waals surface area contributed by atoms with Crippen molar-refractivity contribution in [2.75, 3.05) is 7.11 Å². The fraction of sp³-hybridized carbons (Fsp3) is 0.136. The van der Waals surface area contributed by atoms with E-state index in [1.54, 1.807) is 24.5 Å². The van der Waals surface area contributed by atoms with Crippen molar-refractivity contribution in [3.8, 4) is 11.4 Å². The number of carbonyl (C=O) groups excluding carboxylic acids is 1. The van der Waals surface area contributed by atoms with E-state index in [1.165, 1.54) is 7.11 Å². The zero-order valence-electron chi connectivity index (χ0n) is 15.6. The first kappa shape index (κ1) is 17.7. The van der Waals surface area contributed by atoms with E-state index in [2.05, 4.69) is 14.5 Å². The molecule has 0 radical (unpaired) electrons. The molecule has 6 nitrogen and oxygen atoms in total. The van der Waals surface area contributed by atoms with Crippen LogP contribution in [-0.4, -0.2) is 27.6 Å². The van der Waals surface area contributed by atoms with E-state index in [-0.39, 0.29) is 5.97 Å². The largest absolute Gasteiger partial charge is 0.489 e. The molecule has 0 aliphatic rings. The van der Waals surface area contributed by atoms with Gasteiger partial charge in [0.25, 0.3) is 0 Å². The van der Waals surface area contributed by atoms with Crippen molar-refractivity contribution in [2.45, 2.75) is 13.5 Å². The molecule has 0 saturated carbocycles. The number of benzene rings is 2. The van der Waals surface area contributed by atoms with Crippen LogP contribution < -0.4 is 4.74 Å². The number of hydrogen-bond donors (Lipinski definition) is 0. The Kier molecular flexibility index (Phi) is 4.76. The lowest BCUT2D eigenvalue weighted by Crippen LogP contribution is -2.03. The van der Waals surface area contributed by atoms with Gasteiger partial charge in [-0.25, -0.2) is 9.78 Å². The highest BCUT2D eigenvalue weighted by Crippen LogP contribution is 2.23. The van der Waals surface area contributed by atoms with Gasteiger partial charge in [0.1, 0.15) is 23.7 Å². The Bertz CT molecular complexity index is 1130. The summed E-state index contributed by atoms with van der Waals surface area (Å²) in [5, 5.41) is 0. The van der Waals surface area contributed by atoms with Gasteiger partial charge in [0, 0.05) is 11.9 Å². The zero-order chi connectivity index (χ0) is 19.5. The SMILES string of the molecule is COC(=O)c1cccc(COc2ccc(-n3c(C)nc4cnccc43)cc2)c1. The zero-order valence-corrected chi connectivity index (χ0v) is 15.6. The molecule has 28 heavy (non-hydrogen) atoms. The van der Waals surface area contributed by atoms with E-state index in [1.807, 2.05) is 49.4 Å². The normalized spacial score (nSPS) is 10.8. The second kappa shape index (κ2) is 7.52. The number of carbonyl (C=O) groups is 1. The number of aryl methyl sites for hydroxylation is 1. The molecule has 0 bridgehead atoms. The van der Waals surface area contributed by atoms with Gasteiger partial charge >= 0.3 is 5.97 Å². The monoisotopic (exact) mass is 373 g/mol. The summed E-state index contributed by atoms with van der Waals surface area (Å²) >= 11 is 0. The molecule has 4 rings (SSSR count).